The van der Waals surface area contributed by atoms with Gasteiger partial charge in [-0.15, -0.1) is 0 Å². The zero-order valence-corrected chi connectivity index (χ0v) is 38.0. The van der Waals surface area contributed by atoms with Crippen LogP contribution < -0.4 is 5.11 Å². The molecule has 0 spiro atoms. The molecule has 1 aliphatic heterocycles. The Morgan fingerprint density at radius 1 is 0.341 bits per heavy atom. The Morgan fingerprint density at radius 3 is 0.706 bits per heavy atom. The average Bonchev–Trinajstić information content (AvgIpc) is 3.64. The molecule has 498 valence electrons. The Balaban J connectivity index is 0.00000179. The van der Waals surface area contributed by atoms with Crippen molar-refractivity contribution in [2.24, 2.45) is 0 Å². The number of nitrogens with zero attached hydrogens (tertiary/aromatic N) is 1. The molecule has 70 heteroatoms. The average molecular weight is 1320 g/mol. The molecule has 0 saturated carbocycles. The van der Waals surface area contributed by atoms with E-state index < -0.39 is 6.16 Å². The number of carbonyl (C=O) groups excluding carboxylic acids is 3. The molecule has 1 aromatic rings. The number of piperidine rings is 1. The molecule has 0 bridgehead atoms. The number of Topliss-reactive ketones (excluding diaryl/α,β-unsaturated/α-hetero) is 2. The molecule has 1 saturated heterocycles. The van der Waals surface area contributed by atoms with Crippen molar-refractivity contribution in [1.82, 2.24) is 4.90 Å². The van der Waals surface area contributed by atoms with Gasteiger partial charge in [0, 0.05) is 270 Å². The lowest BCUT2D eigenvalue weighted by Gasteiger charge is -2.25. The minimum atomic E-state index is -2.16. The van der Waals surface area contributed by atoms with Gasteiger partial charge in [0.15, 0.2) is 5.78 Å². The molecule has 1 aromatic carbocycles. The minimum Gasteiger partial charge on any atom is -0.424 e. The van der Waals surface area contributed by atoms with Gasteiger partial charge in [-0.3, -0.25) is 14.5 Å². The fourth-order valence-corrected chi connectivity index (χ4v) is 2.80. The summed E-state index contributed by atoms with van der Waals surface area (Å²) in [6.07, 6.45) is -0.811. The van der Waals surface area contributed by atoms with Gasteiger partial charge < -0.3 is 14.8 Å². The highest BCUT2D eigenvalue weighted by Crippen LogP contribution is 2.13. The van der Waals surface area contributed by atoms with Gasteiger partial charge in [0.1, 0.15) is 5.78 Å². The zero-order valence-electron chi connectivity index (χ0n) is 38.0. The lowest BCUT2D eigenvalue weighted by molar-refractivity contribution is -0.912. The van der Waals surface area contributed by atoms with Crippen LogP contribution in [0, 0.1) is 0 Å². The third kappa shape index (κ3) is 60.7. The van der Waals surface area contributed by atoms with Crippen LogP contribution in [0.3, 0.4) is 0 Å². The lowest BCUT2D eigenvalue weighted by atomic mass is 10.1. The van der Waals surface area contributed by atoms with Crippen LogP contribution in [0.5, 0.6) is 0 Å². The summed E-state index contributed by atoms with van der Waals surface area (Å²) in [5.41, 5.74) is 1.95. The predicted molar refractivity (Wildman–Crippen MR) is 143 cm³/mol. The summed E-state index contributed by atoms with van der Waals surface area (Å²) < 4.78 is 0. The van der Waals surface area contributed by atoms with Crippen LogP contribution in [0.25, 0.3) is 0 Å². The van der Waals surface area contributed by atoms with Crippen molar-refractivity contribution in [1.29, 1.82) is 0 Å². The maximum atomic E-state index is 11.1. The van der Waals surface area contributed by atoms with Crippen LogP contribution in [0.15, 0.2) is 24.3 Å². The number of carbonyl (C=O) groups is 3. The summed E-state index contributed by atoms with van der Waals surface area (Å²) in [5, 5.41) is 235. The third-order valence-corrected chi connectivity index (χ3v) is 5.01. The second-order valence-electron chi connectivity index (χ2n) is 9.19. The summed E-state index contributed by atoms with van der Waals surface area (Å²) in [4.78, 5) is 37.4. The number of benzene rings is 1. The Labute approximate surface area is 445 Å². The van der Waals surface area contributed by atoms with Crippen LogP contribution in [0.1, 0.15) is 35.7 Å². The smallest absolute Gasteiger partial charge is 0.281 e. The molecule has 1 aliphatic rings. The SMILES string of the molecule is CC(=O)c1ccc(CN2CCC(=O)CC2)cc1.O=C([O-])OOOOOOOOOOOOOOOOOOOOOOOOOOOOOOOOOOOOOOOOOOOOOOOOOOOOOOOOOOOOOOOOO. The standard InChI is InChI=1S/C14H17NO2.CH2O67/c1-11(16)13-4-2-12(3-5-13)10-15-8-6-14(17)7-9-15;2-1(3)5-7-9-11-13-15-17-19-21-23-25-27-29-31-33-35-37-39-41-43-45-47-49-51-53-55-57-59-61-63-65-67-68-66-64-62-60-58-56-54-52-50-48-46-44-42-40-38-36-34-32-30-28-26-24-22-20-18-16-14-12-10-8-6-4/h2-5H,6-10H2,1H3;4H,(H,2,3)/p-1. The number of ketones is 2. The molecule has 70 nitrogen and oxygen atoms in total. The molecular weight excluding hydrogens is 1300 g/mol. The van der Waals surface area contributed by atoms with Crippen LogP contribution in [0.2, 0.25) is 0 Å². The molecular formula is C15H18NO69-. The topological polar surface area (TPSA) is 688 Å². The highest BCUT2D eigenvalue weighted by molar-refractivity contribution is 5.94. The summed E-state index contributed by atoms with van der Waals surface area (Å²) in [6.45, 7) is 4.15. The molecule has 85 heavy (non-hydrogen) atoms. The van der Waals surface area contributed by atoms with E-state index in [0.29, 0.717) is 18.6 Å². The summed E-state index contributed by atoms with van der Waals surface area (Å²) in [5.74, 6) is 0.466. The van der Waals surface area contributed by atoms with Crippen LogP contribution in [-0.2, 0) is 334 Å². The molecule has 0 radical (unpaired) electrons. The molecule has 1 heterocycles. The van der Waals surface area contributed by atoms with E-state index in [1.54, 1.807) is 6.92 Å². The first-order valence-corrected chi connectivity index (χ1v) is 17.3. The molecule has 2 rings (SSSR count). The second-order valence-corrected chi connectivity index (χ2v) is 9.19. The molecule has 0 aromatic heterocycles. The summed E-state index contributed by atoms with van der Waals surface area (Å²) in [7, 11) is 0. The van der Waals surface area contributed by atoms with Crippen molar-refractivity contribution in [2.75, 3.05) is 13.1 Å². The van der Waals surface area contributed by atoms with E-state index >= 15 is 0 Å². The van der Waals surface area contributed by atoms with Gasteiger partial charge in [-0.1, -0.05) is 29.3 Å². The molecule has 0 atom stereocenters. The van der Waals surface area contributed by atoms with E-state index in [4.69, 9.17) is 5.26 Å². The van der Waals surface area contributed by atoms with Crippen molar-refractivity contribution >= 4 is 17.7 Å². The largest absolute Gasteiger partial charge is 0.424 e. The third-order valence-electron chi connectivity index (χ3n) is 5.01. The van der Waals surface area contributed by atoms with Gasteiger partial charge in [0.2, 0.25) is 0 Å². The van der Waals surface area contributed by atoms with Crippen molar-refractivity contribution in [2.45, 2.75) is 26.3 Å². The first-order valence-electron chi connectivity index (χ1n) is 17.3. The second kappa shape index (κ2) is 65.2. The number of likely N-dealkylation sites (tertiary alicyclic amines) is 1. The number of rotatable bonds is 66. The molecule has 0 unspecified atom stereocenters. The first-order chi connectivity index (χ1) is 41.9. The molecule has 0 amide bonds. The normalized spacial score (nSPS) is 12.7. The number of carboxylic acid groups (broad SMARTS) is 1. The van der Waals surface area contributed by atoms with Gasteiger partial charge in [-0.2, -0.15) is 0 Å². The fraction of sp³-hybridized carbons (Fsp3) is 0.400. The summed E-state index contributed by atoms with van der Waals surface area (Å²) >= 11 is 0. The molecule has 0 aliphatic carbocycles. The number of hydrogen-bond acceptors (Lipinski definition) is 70. The van der Waals surface area contributed by atoms with E-state index in [2.05, 4.69) is 327 Å². The molecule has 1 N–H and O–H groups in total. The maximum absolute atomic E-state index is 11.1. The minimum absolute atomic E-state index is 0.0973. The molecule has 1 fully saturated rings. The van der Waals surface area contributed by atoms with Crippen LogP contribution >= 0.6 is 0 Å². The van der Waals surface area contributed by atoms with Gasteiger partial charge in [-0.25, -0.2) is 5.26 Å². The Morgan fingerprint density at radius 2 is 0.529 bits per heavy atom. The Kier molecular flexibility index (Phi) is 60.0. The zero-order chi connectivity index (χ0) is 61.1. The number of hydrogen-bond donors (Lipinski definition) is 1. The van der Waals surface area contributed by atoms with Gasteiger partial charge in [0.25, 0.3) is 6.16 Å². The van der Waals surface area contributed by atoms with Crippen LogP contribution in [-0.4, -0.2) is 41.0 Å². The maximum Gasteiger partial charge on any atom is 0.281 e. The van der Waals surface area contributed by atoms with Crippen molar-refractivity contribution < 1.29 is 347 Å². The first kappa shape index (κ1) is 78.2. The monoisotopic (exact) mass is 1320 g/mol. The quantitative estimate of drug-likeness (QED) is 0.0287. The highest BCUT2D eigenvalue weighted by atomic mass is 18.1. The Hall–Kier alpha value is -4.77. The predicted octanol–water partition coefficient (Wildman–Crippen LogP) is -3.44. The van der Waals surface area contributed by atoms with E-state index in [-0.39, 0.29) is 5.78 Å². The fourth-order valence-electron chi connectivity index (χ4n) is 2.80. The van der Waals surface area contributed by atoms with E-state index in [1.165, 1.54) is 5.56 Å². The lowest BCUT2D eigenvalue weighted by Crippen LogP contribution is -2.33. The van der Waals surface area contributed by atoms with Gasteiger partial charge in [-0.05, 0) is 93.1 Å². The summed E-state index contributed by atoms with van der Waals surface area (Å²) in [6, 6.07) is 7.72. The van der Waals surface area contributed by atoms with Crippen molar-refractivity contribution in [3.63, 3.8) is 0 Å². The van der Waals surface area contributed by atoms with E-state index in [0.717, 1.165) is 25.2 Å². The van der Waals surface area contributed by atoms with Crippen molar-refractivity contribution in [3.05, 3.63) is 35.4 Å². The van der Waals surface area contributed by atoms with Crippen molar-refractivity contribution in [3.8, 4) is 0 Å². The van der Waals surface area contributed by atoms with E-state index in [9.17, 15) is 19.5 Å². The highest BCUT2D eigenvalue weighted by Gasteiger charge is 2.16. The van der Waals surface area contributed by atoms with E-state index in [1.807, 2.05) is 24.3 Å². The Bertz CT molecular complexity index is 1530. The van der Waals surface area contributed by atoms with Crippen LogP contribution in [0.4, 0.5) is 4.79 Å². The van der Waals surface area contributed by atoms with Gasteiger partial charge in [0.05, 0.1) is 0 Å². The van der Waals surface area contributed by atoms with Gasteiger partial charge >= 0.3 is 0 Å².